The molecule has 28 heavy (non-hydrogen) atoms. The van der Waals surface area contributed by atoms with Crippen LogP contribution >= 0.6 is 24.4 Å². The number of nitrogens with zero attached hydrogens (tertiary/aromatic N) is 4. The zero-order valence-electron chi connectivity index (χ0n) is 15.4. The molecule has 0 atom stereocenters. The van der Waals surface area contributed by atoms with Gasteiger partial charge in [-0.05, 0) is 43.9 Å². The van der Waals surface area contributed by atoms with Crippen LogP contribution in [0.15, 0.2) is 29.2 Å². The average Bonchev–Trinajstić information content (AvgIpc) is 3.16. The molecular formula is C19H22ClFN4O2S. The molecule has 0 bridgehead atoms. The van der Waals surface area contributed by atoms with Gasteiger partial charge in [-0.15, -0.1) is 0 Å². The Kier molecular flexibility index (Phi) is 5.80. The van der Waals surface area contributed by atoms with Gasteiger partial charge in [0.05, 0.1) is 18.0 Å². The van der Waals surface area contributed by atoms with Gasteiger partial charge in [-0.25, -0.2) is 8.70 Å². The molecule has 1 aromatic heterocycles. The van der Waals surface area contributed by atoms with Crippen molar-refractivity contribution in [3.63, 3.8) is 0 Å². The summed E-state index contributed by atoms with van der Waals surface area (Å²) in [5.74, 6) is -0.252. The molecule has 1 aromatic carbocycles. The number of ether oxygens (including phenoxy) is 1. The fourth-order valence-corrected chi connectivity index (χ4v) is 4.12. The maximum absolute atomic E-state index is 13.8. The Morgan fingerprint density at radius 1 is 1.14 bits per heavy atom. The SMILES string of the molecule is O=c1c(OC2CCCC2)c(N2CCN(S)CC2)cnn1-c1cc(F)cc(Cl)c1. The Labute approximate surface area is 173 Å². The van der Waals surface area contributed by atoms with Gasteiger partial charge in [-0.1, -0.05) is 24.4 Å². The van der Waals surface area contributed by atoms with Crippen LogP contribution in [0.4, 0.5) is 10.1 Å². The molecule has 1 saturated heterocycles. The highest BCUT2D eigenvalue weighted by atomic mass is 35.5. The molecule has 2 fully saturated rings. The number of benzene rings is 1. The van der Waals surface area contributed by atoms with Crippen molar-refractivity contribution in [3.05, 3.63) is 45.6 Å². The molecule has 6 nitrogen and oxygen atoms in total. The summed E-state index contributed by atoms with van der Waals surface area (Å²) in [4.78, 5) is 15.4. The minimum Gasteiger partial charge on any atom is -0.483 e. The maximum Gasteiger partial charge on any atom is 0.316 e. The van der Waals surface area contributed by atoms with Gasteiger partial charge in [-0.2, -0.15) is 9.78 Å². The van der Waals surface area contributed by atoms with Crippen molar-refractivity contribution in [2.45, 2.75) is 31.8 Å². The molecule has 1 saturated carbocycles. The summed E-state index contributed by atoms with van der Waals surface area (Å²) in [6.45, 7) is 2.99. The van der Waals surface area contributed by atoms with E-state index in [1.54, 1.807) is 6.20 Å². The summed E-state index contributed by atoms with van der Waals surface area (Å²) in [6.07, 6.45) is 5.69. The molecule has 2 heterocycles. The Balaban J connectivity index is 1.76. The average molecular weight is 425 g/mol. The van der Waals surface area contributed by atoms with Crippen molar-refractivity contribution >= 4 is 30.1 Å². The number of thiol groups is 1. The van der Waals surface area contributed by atoms with Crippen LogP contribution in [-0.2, 0) is 0 Å². The first-order valence-corrected chi connectivity index (χ1v) is 10.2. The van der Waals surface area contributed by atoms with E-state index in [0.29, 0.717) is 5.69 Å². The van der Waals surface area contributed by atoms with Crippen LogP contribution in [-0.4, -0.2) is 46.4 Å². The molecule has 2 aromatic rings. The molecule has 0 spiro atoms. The van der Waals surface area contributed by atoms with Crippen molar-refractivity contribution in [3.8, 4) is 11.4 Å². The molecule has 0 amide bonds. The van der Waals surface area contributed by atoms with Crippen LogP contribution < -0.4 is 15.2 Å². The number of piperazine rings is 1. The third-order valence-corrected chi connectivity index (χ3v) is 5.81. The number of rotatable bonds is 4. The molecule has 1 aliphatic heterocycles. The van der Waals surface area contributed by atoms with E-state index in [1.165, 1.54) is 18.2 Å². The second kappa shape index (κ2) is 8.31. The van der Waals surface area contributed by atoms with Gasteiger partial charge in [0.15, 0.2) is 0 Å². The summed E-state index contributed by atoms with van der Waals surface area (Å²) in [6, 6.07) is 3.94. The monoisotopic (exact) mass is 424 g/mol. The van der Waals surface area contributed by atoms with Crippen molar-refractivity contribution < 1.29 is 9.13 Å². The molecule has 4 rings (SSSR count). The molecular weight excluding hydrogens is 403 g/mol. The minimum absolute atomic E-state index is 0.0181. The molecule has 2 aliphatic rings. The predicted octanol–water partition coefficient (Wildman–Crippen LogP) is 3.31. The normalized spacial score (nSPS) is 18.6. The van der Waals surface area contributed by atoms with Crippen LogP contribution in [0.3, 0.4) is 0 Å². The van der Waals surface area contributed by atoms with Gasteiger partial charge in [0, 0.05) is 31.2 Å². The van der Waals surface area contributed by atoms with Crippen molar-refractivity contribution in [2.24, 2.45) is 0 Å². The number of anilines is 1. The molecule has 1 aliphatic carbocycles. The summed E-state index contributed by atoms with van der Waals surface area (Å²) in [5.41, 5.74) is 0.550. The van der Waals surface area contributed by atoms with Crippen LogP contribution in [0.1, 0.15) is 25.7 Å². The largest absolute Gasteiger partial charge is 0.483 e. The van der Waals surface area contributed by atoms with E-state index in [0.717, 1.165) is 56.5 Å². The van der Waals surface area contributed by atoms with Gasteiger partial charge in [0.2, 0.25) is 5.75 Å². The van der Waals surface area contributed by atoms with Gasteiger partial charge in [0.25, 0.3) is 0 Å². The van der Waals surface area contributed by atoms with E-state index >= 15 is 0 Å². The number of halogens is 2. The zero-order valence-corrected chi connectivity index (χ0v) is 17.0. The number of hydrogen-bond donors (Lipinski definition) is 1. The van der Waals surface area contributed by atoms with E-state index in [2.05, 4.69) is 22.8 Å². The highest BCUT2D eigenvalue weighted by Gasteiger charge is 2.26. The lowest BCUT2D eigenvalue weighted by atomic mass is 10.2. The highest BCUT2D eigenvalue weighted by Crippen LogP contribution is 2.30. The fraction of sp³-hybridized carbons (Fsp3) is 0.474. The first-order chi connectivity index (χ1) is 13.5. The van der Waals surface area contributed by atoms with Gasteiger partial charge in [-0.3, -0.25) is 4.79 Å². The lowest BCUT2D eigenvalue weighted by molar-refractivity contribution is 0.205. The first-order valence-electron chi connectivity index (χ1n) is 9.45. The fourth-order valence-electron chi connectivity index (χ4n) is 3.72. The topological polar surface area (TPSA) is 50.6 Å². The van der Waals surface area contributed by atoms with E-state index < -0.39 is 11.4 Å². The van der Waals surface area contributed by atoms with E-state index in [-0.39, 0.29) is 22.6 Å². The summed E-state index contributed by atoms with van der Waals surface area (Å²) >= 11 is 10.3. The molecule has 0 radical (unpaired) electrons. The molecule has 150 valence electrons. The highest BCUT2D eigenvalue weighted by molar-refractivity contribution is 7.77. The molecule has 0 unspecified atom stereocenters. The standard InChI is InChI=1S/C19H22ClFN4O2S/c20-13-9-14(21)11-15(10-13)25-19(26)18(27-16-3-1-2-4-16)17(12-22-25)23-5-7-24(28)8-6-23/h9-12,16,28H,1-8H2. The van der Waals surface area contributed by atoms with Crippen LogP contribution in [0.2, 0.25) is 5.02 Å². The predicted molar refractivity (Wildman–Crippen MR) is 110 cm³/mol. The van der Waals surface area contributed by atoms with Crippen LogP contribution in [0.25, 0.3) is 5.69 Å². The Morgan fingerprint density at radius 2 is 1.86 bits per heavy atom. The number of aromatic nitrogens is 2. The summed E-state index contributed by atoms with van der Waals surface area (Å²) < 4.78 is 23.1. The Morgan fingerprint density at radius 3 is 2.54 bits per heavy atom. The summed E-state index contributed by atoms with van der Waals surface area (Å²) in [7, 11) is 0. The third-order valence-electron chi connectivity index (χ3n) is 5.19. The number of hydrogen-bond acceptors (Lipinski definition) is 6. The lowest BCUT2D eigenvalue weighted by Crippen LogP contribution is -2.43. The van der Waals surface area contributed by atoms with Crippen LogP contribution in [0, 0.1) is 5.82 Å². The Bertz CT molecular complexity index is 891. The third kappa shape index (κ3) is 4.14. The van der Waals surface area contributed by atoms with Gasteiger partial charge >= 0.3 is 5.56 Å². The van der Waals surface area contributed by atoms with E-state index in [1.807, 2.05) is 4.31 Å². The van der Waals surface area contributed by atoms with Gasteiger partial charge < -0.3 is 9.64 Å². The maximum atomic E-state index is 13.8. The second-order valence-electron chi connectivity index (χ2n) is 7.17. The Hall–Kier alpha value is -1.77. The first kappa shape index (κ1) is 19.5. The van der Waals surface area contributed by atoms with E-state index in [4.69, 9.17) is 16.3 Å². The molecule has 9 heteroatoms. The molecule has 0 N–H and O–H groups in total. The second-order valence-corrected chi connectivity index (χ2v) is 8.17. The van der Waals surface area contributed by atoms with E-state index in [9.17, 15) is 9.18 Å². The minimum atomic E-state index is -0.525. The van der Waals surface area contributed by atoms with Crippen molar-refractivity contribution in [1.29, 1.82) is 0 Å². The van der Waals surface area contributed by atoms with Crippen molar-refractivity contribution in [2.75, 3.05) is 31.1 Å². The smallest absolute Gasteiger partial charge is 0.316 e. The van der Waals surface area contributed by atoms with Crippen molar-refractivity contribution in [1.82, 2.24) is 14.1 Å². The summed E-state index contributed by atoms with van der Waals surface area (Å²) in [5, 5.41) is 4.49. The van der Waals surface area contributed by atoms with Crippen LogP contribution in [0.5, 0.6) is 5.75 Å². The quantitative estimate of drug-likeness (QED) is 0.763. The zero-order chi connectivity index (χ0) is 19.7. The van der Waals surface area contributed by atoms with Gasteiger partial charge in [0.1, 0.15) is 11.5 Å². The lowest BCUT2D eigenvalue weighted by Gasteiger charge is -2.34.